The molecule has 0 unspecified atom stereocenters. The number of carbonyl (C=O) groups excluding carboxylic acids is 2. The van der Waals surface area contributed by atoms with Gasteiger partial charge in [0.1, 0.15) is 0 Å². The zero-order chi connectivity index (χ0) is 15.2. The zero-order valence-electron chi connectivity index (χ0n) is 11.7. The van der Waals surface area contributed by atoms with Crippen LogP contribution in [0.3, 0.4) is 0 Å². The van der Waals surface area contributed by atoms with Gasteiger partial charge in [-0.1, -0.05) is 24.3 Å². The van der Waals surface area contributed by atoms with Crippen LogP contribution in [0.25, 0.3) is 11.3 Å². The van der Waals surface area contributed by atoms with Crippen LogP contribution in [-0.2, 0) is 9.53 Å². The third-order valence-corrected chi connectivity index (χ3v) is 3.07. The van der Waals surface area contributed by atoms with Crippen molar-refractivity contribution < 1.29 is 14.3 Å². The fourth-order valence-electron chi connectivity index (χ4n) is 1.86. The van der Waals surface area contributed by atoms with Crippen molar-refractivity contribution in [2.24, 2.45) is 0 Å². The minimum atomic E-state index is -0.383. The lowest BCUT2D eigenvalue weighted by atomic mass is 10.0. The number of hydrogen-bond donors (Lipinski definition) is 1. The standard InChI is InChI=1S/C16H16N2O3/c1-21-16(20)9-8-15(19)12-4-2-11(3-5-12)14-7-6-13(17)10-18-14/h2-7,10H,8-9,17H2,1H3. The molecule has 0 aliphatic heterocycles. The van der Waals surface area contributed by atoms with E-state index in [9.17, 15) is 9.59 Å². The Morgan fingerprint density at radius 3 is 2.38 bits per heavy atom. The van der Waals surface area contributed by atoms with Crippen molar-refractivity contribution in [1.82, 2.24) is 4.98 Å². The number of nitrogens with two attached hydrogens (primary N) is 1. The van der Waals surface area contributed by atoms with E-state index >= 15 is 0 Å². The Morgan fingerprint density at radius 2 is 1.81 bits per heavy atom. The summed E-state index contributed by atoms with van der Waals surface area (Å²) in [6.45, 7) is 0. The highest BCUT2D eigenvalue weighted by molar-refractivity contribution is 5.97. The van der Waals surface area contributed by atoms with E-state index in [1.54, 1.807) is 24.4 Å². The lowest BCUT2D eigenvalue weighted by molar-refractivity contribution is -0.140. The first kappa shape index (κ1) is 14.7. The molecule has 5 nitrogen and oxygen atoms in total. The Hall–Kier alpha value is -2.69. The number of esters is 1. The number of ketones is 1. The highest BCUT2D eigenvalue weighted by Gasteiger charge is 2.09. The molecule has 0 saturated carbocycles. The number of benzene rings is 1. The second kappa shape index (κ2) is 6.65. The van der Waals surface area contributed by atoms with Gasteiger partial charge in [-0.25, -0.2) is 0 Å². The molecule has 0 bridgehead atoms. The lowest BCUT2D eigenvalue weighted by Crippen LogP contribution is -2.05. The summed E-state index contributed by atoms with van der Waals surface area (Å²) in [5, 5.41) is 0. The quantitative estimate of drug-likeness (QED) is 0.673. The lowest BCUT2D eigenvalue weighted by Gasteiger charge is -2.04. The van der Waals surface area contributed by atoms with Crippen molar-refractivity contribution in [3.63, 3.8) is 0 Å². The largest absolute Gasteiger partial charge is 0.469 e. The van der Waals surface area contributed by atoms with E-state index in [2.05, 4.69) is 9.72 Å². The van der Waals surface area contributed by atoms with E-state index in [-0.39, 0.29) is 24.6 Å². The van der Waals surface area contributed by atoms with Gasteiger partial charge >= 0.3 is 5.97 Å². The number of ether oxygens (including phenoxy) is 1. The smallest absolute Gasteiger partial charge is 0.305 e. The Bertz CT molecular complexity index is 634. The number of pyridine rings is 1. The van der Waals surface area contributed by atoms with Crippen LogP contribution in [0.2, 0.25) is 0 Å². The molecule has 21 heavy (non-hydrogen) atoms. The summed E-state index contributed by atoms with van der Waals surface area (Å²) < 4.78 is 4.51. The molecule has 0 aliphatic rings. The molecular weight excluding hydrogens is 268 g/mol. The zero-order valence-corrected chi connectivity index (χ0v) is 11.7. The molecule has 5 heteroatoms. The van der Waals surface area contributed by atoms with Crippen LogP contribution in [0.1, 0.15) is 23.2 Å². The van der Waals surface area contributed by atoms with Crippen LogP contribution in [0.4, 0.5) is 5.69 Å². The van der Waals surface area contributed by atoms with E-state index in [0.717, 1.165) is 11.3 Å². The molecular formula is C16H16N2O3. The third-order valence-electron chi connectivity index (χ3n) is 3.07. The second-order valence-electron chi connectivity index (χ2n) is 4.55. The maximum atomic E-state index is 11.9. The van der Waals surface area contributed by atoms with Gasteiger partial charge in [0.15, 0.2) is 5.78 Å². The van der Waals surface area contributed by atoms with E-state index in [0.29, 0.717) is 11.3 Å². The molecule has 0 spiro atoms. The molecule has 0 atom stereocenters. The topological polar surface area (TPSA) is 82.3 Å². The van der Waals surface area contributed by atoms with Gasteiger partial charge in [0.2, 0.25) is 0 Å². The molecule has 0 aliphatic carbocycles. The molecule has 1 heterocycles. The van der Waals surface area contributed by atoms with Crippen LogP contribution in [0, 0.1) is 0 Å². The van der Waals surface area contributed by atoms with Gasteiger partial charge in [-0.3, -0.25) is 14.6 Å². The third kappa shape index (κ3) is 3.89. The maximum Gasteiger partial charge on any atom is 0.305 e. The van der Waals surface area contributed by atoms with Crippen LogP contribution >= 0.6 is 0 Å². The van der Waals surface area contributed by atoms with Gasteiger partial charge in [-0.15, -0.1) is 0 Å². The summed E-state index contributed by atoms with van der Waals surface area (Å²) >= 11 is 0. The molecule has 108 valence electrons. The Balaban J connectivity index is 2.06. The van der Waals surface area contributed by atoms with Crippen LogP contribution in [0.15, 0.2) is 42.6 Å². The van der Waals surface area contributed by atoms with Crippen molar-refractivity contribution in [2.75, 3.05) is 12.8 Å². The number of methoxy groups -OCH3 is 1. The average Bonchev–Trinajstić information content (AvgIpc) is 2.53. The summed E-state index contributed by atoms with van der Waals surface area (Å²) in [6.07, 6.45) is 1.83. The van der Waals surface area contributed by atoms with Gasteiger partial charge in [0, 0.05) is 17.5 Å². The Labute approximate surface area is 122 Å². The number of nitrogen functional groups attached to an aromatic ring is 1. The van der Waals surface area contributed by atoms with E-state index < -0.39 is 0 Å². The first-order chi connectivity index (χ1) is 10.1. The summed E-state index contributed by atoms with van der Waals surface area (Å²) in [4.78, 5) is 27.2. The molecule has 2 aromatic rings. The number of anilines is 1. The van der Waals surface area contributed by atoms with Crippen molar-refractivity contribution >= 4 is 17.4 Å². The normalized spacial score (nSPS) is 10.1. The molecule has 0 fully saturated rings. The predicted octanol–water partition coefficient (Wildman–Crippen LogP) is 2.47. The maximum absolute atomic E-state index is 11.9. The predicted molar refractivity (Wildman–Crippen MR) is 79.7 cm³/mol. The van der Waals surface area contributed by atoms with Gasteiger partial charge in [0.25, 0.3) is 0 Å². The molecule has 2 rings (SSSR count). The van der Waals surface area contributed by atoms with Gasteiger partial charge in [0.05, 0.1) is 31.1 Å². The highest BCUT2D eigenvalue weighted by atomic mass is 16.5. The highest BCUT2D eigenvalue weighted by Crippen LogP contribution is 2.19. The first-order valence-corrected chi connectivity index (χ1v) is 6.52. The number of aromatic nitrogens is 1. The Kier molecular flexibility index (Phi) is 4.66. The summed E-state index contributed by atoms with van der Waals surface area (Å²) in [5.74, 6) is -0.469. The minimum absolute atomic E-state index is 0.0859. The van der Waals surface area contributed by atoms with Crippen molar-refractivity contribution in [3.05, 3.63) is 48.2 Å². The SMILES string of the molecule is COC(=O)CCC(=O)c1ccc(-c2ccc(N)cn2)cc1. The molecule has 1 aromatic carbocycles. The van der Waals surface area contributed by atoms with Gasteiger partial charge in [-0.05, 0) is 12.1 Å². The summed E-state index contributed by atoms with van der Waals surface area (Å²) in [5.41, 5.74) is 8.46. The fourth-order valence-corrected chi connectivity index (χ4v) is 1.86. The number of Topliss-reactive ketones (excluding diaryl/α,β-unsaturated/α-hetero) is 1. The van der Waals surface area contributed by atoms with E-state index in [1.165, 1.54) is 7.11 Å². The monoisotopic (exact) mass is 284 g/mol. The van der Waals surface area contributed by atoms with Gasteiger partial charge < -0.3 is 10.5 Å². The molecule has 1 aromatic heterocycles. The van der Waals surface area contributed by atoms with E-state index in [4.69, 9.17) is 5.73 Å². The minimum Gasteiger partial charge on any atom is -0.469 e. The van der Waals surface area contributed by atoms with Crippen LogP contribution in [0.5, 0.6) is 0 Å². The molecule has 0 radical (unpaired) electrons. The fraction of sp³-hybridized carbons (Fsp3) is 0.188. The number of carbonyl (C=O) groups is 2. The first-order valence-electron chi connectivity index (χ1n) is 6.52. The number of hydrogen-bond acceptors (Lipinski definition) is 5. The van der Waals surface area contributed by atoms with Crippen molar-refractivity contribution in [2.45, 2.75) is 12.8 Å². The molecule has 0 amide bonds. The van der Waals surface area contributed by atoms with Crippen LogP contribution in [-0.4, -0.2) is 23.8 Å². The van der Waals surface area contributed by atoms with Crippen molar-refractivity contribution in [3.8, 4) is 11.3 Å². The Morgan fingerprint density at radius 1 is 1.10 bits per heavy atom. The molecule has 2 N–H and O–H groups in total. The number of nitrogens with zero attached hydrogens (tertiary/aromatic N) is 1. The van der Waals surface area contributed by atoms with Crippen LogP contribution < -0.4 is 5.73 Å². The summed E-state index contributed by atoms with van der Waals surface area (Å²) in [6, 6.07) is 10.7. The second-order valence-corrected chi connectivity index (χ2v) is 4.55. The van der Waals surface area contributed by atoms with Gasteiger partial charge in [-0.2, -0.15) is 0 Å². The van der Waals surface area contributed by atoms with Crippen molar-refractivity contribution in [1.29, 1.82) is 0 Å². The molecule has 0 saturated heterocycles. The average molecular weight is 284 g/mol. The summed E-state index contributed by atoms with van der Waals surface area (Å²) in [7, 11) is 1.31. The van der Waals surface area contributed by atoms with E-state index in [1.807, 2.05) is 18.2 Å². The number of rotatable bonds is 5.